The number of aliphatic imine (C=N–C) groups is 1. The smallest absolute Gasteiger partial charge is 0.420 e. The van der Waals surface area contributed by atoms with Gasteiger partial charge in [0.2, 0.25) is 5.12 Å². The van der Waals surface area contributed by atoms with Crippen LogP contribution in [-0.2, 0) is 9.53 Å². The van der Waals surface area contributed by atoms with Crippen LogP contribution in [0.3, 0.4) is 0 Å². The van der Waals surface area contributed by atoms with Gasteiger partial charge < -0.3 is 4.74 Å². The molecule has 1 amide bonds. The van der Waals surface area contributed by atoms with Crippen LogP contribution in [0.1, 0.15) is 56.8 Å². The summed E-state index contributed by atoms with van der Waals surface area (Å²) in [4.78, 5) is 36.8. The molecule has 0 radical (unpaired) electrons. The van der Waals surface area contributed by atoms with E-state index < -0.39 is 23.6 Å². The molecule has 172 valence electrons. The Balaban J connectivity index is 2.27. The first-order chi connectivity index (χ1) is 15.6. The number of amides is 1. The van der Waals surface area contributed by atoms with Gasteiger partial charge in [-0.25, -0.2) is 19.1 Å². The van der Waals surface area contributed by atoms with E-state index in [2.05, 4.69) is 10.9 Å². The van der Waals surface area contributed by atoms with Crippen molar-refractivity contribution in [2.75, 3.05) is 5.75 Å². The topological polar surface area (TPSA) is 71.9 Å². The Morgan fingerprint density at radius 3 is 2.67 bits per heavy atom. The summed E-state index contributed by atoms with van der Waals surface area (Å²) in [5, 5.41) is 1.99. The van der Waals surface area contributed by atoms with E-state index in [0.717, 1.165) is 11.8 Å². The molecule has 3 rings (SSSR count). The molecular formula is C24H24FN3O3S2. The molecule has 9 heteroatoms. The van der Waals surface area contributed by atoms with Crippen molar-refractivity contribution in [3.05, 3.63) is 63.0 Å². The highest BCUT2D eigenvalue weighted by Gasteiger charge is 2.39. The zero-order valence-corrected chi connectivity index (χ0v) is 20.6. The summed E-state index contributed by atoms with van der Waals surface area (Å²) in [5.41, 5.74) is 0.672. The van der Waals surface area contributed by atoms with Gasteiger partial charge in [-0.2, -0.15) is 0 Å². The van der Waals surface area contributed by atoms with Gasteiger partial charge in [-0.1, -0.05) is 30.7 Å². The van der Waals surface area contributed by atoms with E-state index in [9.17, 15) is 14.0 Å². The number of terminal acetylenes is 1. The highest BCUT2D eigenvalue weighted by molar-refractivity contribution is 8.14. The first-order valence-corrected chi connectivity index (χ1v) is 12.1. The molecule has 0 aliphatic carbocycles. The van der Waals surface area contributed by atoms with Gasteiger partial charge in [0.25, 0.3) is 0 Å². The average molecular weight is 486 g/mol. The number of allylic oxidation sites excluding steroid dienone is 1. The summed E-state index contributed by atoms with van der Waals surface area (Å²) < 4.78 is 19.5. The molecule has 0 saturated carbocycles. The van der Waals surface area contributed by atoms with Crippen molar-refractivity contribution in [2.45, 2.75) is 46.3 Å². The molecule has 1 atom stereocenters. The van der Waals surface area contributed by atoms with E-state index in [4.69, 9.17) is 16.2 Å². The Bertz CT molecular complexity index is 1170. The second-order valence-electron chi connectivity index (χ2n) is 8.10. The number of halogens is 1. The Morgan fingerprint density at radius 1 is 1.36 bits per heavy atom. The van der Waals surface area contributed by atoms with Crippen molar-refractivity contribution in [3.8, 4) is 12.3 Å². The van der Waals surface area contributed by atoms with Crippen LogP contribution in [0, 0.1) is 18.2 Å². The summed E-state index contributed by atoms with van der Waals surface area (Å²) in [7, 11) is 0. The molecule has 6 nitrogen and oxygen atoms in total. The second-order valence-corrected chi connectivity index (χ2v) is 10.2. The molecular weight excluding hydrogens is 461 g/mol. The van der Waals surface area contributed by atoms with Crippen molar-refractivity contribution in [1.82, 2.24) is 9.88 Å². The Morgan fingerprint density at radius 2 is 2.09 bits per heavy atom. The lowest BCUT2D eigenvalue weighted by Gasteiger charge is -2.34. The molecule has 0 fully saturated rings. The van der Waals surface area contributed by atoms with Gasteiger partial charge in [0.1, 0.15) is 17.5 Å². The number of aromatic nitrogens is 1. The molecule has 2 heterocycles. The molecule has 1 aliphatic heterocycles. The van der Waals surface area contributed by atoms with Gasteiger partial charge in [-0.15, -0.1) is 17.8 Å². The van der Waals surface area contributed by atoms with Gasteiger partial charge in [-0.05, 0) is 51.1 Å². The van der Waals surface area contributed by atoms with E-state index in [1.165, 1.54) is 34.4 Å². The number of hydrogen-bond acceptors (Lipinski definition) is 7. The zero-order chi connectivity index (χ0) is 24.3. The van der Waals surface area contributed by atoms with Gasteiger partial charge >= 0.3 is 6.09 Å². The lowest BCUT2D eigenvalue weighted by molar-refractivity contribution is -0.108. The molecule has 1 aromatic carbocycles. The van der Waals surface area contributed by atoms with Crippen molar-refractivity contribution in [1.29, 1.82) is 0 Å². The second kappa shape index (κ2) is 9.89. The molecule has 0 bridgehead atoms. The maximum atomic E-state index is 13.9. The molecule has 0 N–H and O–H groups in total. The van der Waals surface area contributed by atoms with E-state index in [0.29, 0.717) is 22.0 Å². The number of amidine groups is 1. The van der Waals surface area contributed by atoms with Gasteiger partial charge in [-0.3, -0.25) is 9.79 Å². The van der Waals surface area contributed by atoms with Crippen LogP contribution in [0.25, 0.3) is 0 Å². The van der Waals surface area contributed by atoms with Gasteiger partial charge in [0, 0.05) is 22.8 Å². The molecule has 0 saturated heterocycles. The van der Waals surface area contributed by atoms with Crippen LogP contribution in [0.2, 0.25) is 0 Å². The number of nitrogens with zero attached hydrogens (tertiary/aromatic N) is 3. The van der Waals surface area contributed by atoms with Crippen molar-refractivity contribution in [3.63, 3.8) is 0 Å². The summed E-state index contributed by atoms with van der Waals surface area (Å²) in [6, 6.07) is 3.21. The Hall–Kier alpha value is -2.96. The lowest BCUT2D eigenvalue weighted by atomic mass is 9.92. The average Bonchev–Trinajstić information content (AvgIpc) is 3.26. The largest absolute Gasteiger partial charge is 0.443 e. The zero-order valence-electron chi connectivity index (χ0n) is 19.0. The minimum atomic E-state index is -0.833. The summed E-state index contributed by atoms with van der Waals surface area (Å²) in [5.74, 6) is 2.77. The first kappa shape index (κ1) is 24.7. The number of carbonyl (C=O) groups is 2. The standard InChI is InChI=1S/C24H24FN3O3S2/c1-7-15-13-16(25)9-10-17(15)19-18(22(29)32-8-2)14(3)28(23(30)31-24(4,5)6)20(27-19)21-26-11-12-33-21/h1,9-13,19H,8H2,2-6H3/t19-/m0/s1. The summed E-state index contributed by atoms with van der Waals surface area (Å²) in [6.45, 7) is 8.80. The van der Waals surface area contributed by atoms with Crippen LogP contribution in [0.15, 0.2) is 46.0 Å². The fraction of sp³-hybridized carbons (Fsp3) is 0.333. The van der Waals surface area contributed by atoms with Crippen LogP contribution in [0.5, 0.6) is 0 Å². The molecule has 1 aliphatic rings. The number of thioether (sulfide) groups is 1. The molecule has 0 spiro atoms. The third kappa shape index (κ3) is 5.34. The number of hydrogen-bond donors (Lipinski definition) is 0. The molecule has 2 aromatic rings. The van der Waals surface area contributed by atoms with Crippen LogP contribution in [-0.4, -0.2) is 38.3 Å². The van der Waals surface area contributed by atoms with E-state index in [1.54, 1.807) is 39.3 Å². The van der Waals surface area contributed by atoms with Crippen LogP contribution >= 0.6 is 23.1 Å². The van der Waals surface area contributed by atoms with E-state index in [1.807, 2.05) is 6.92 Å². The van der Waals surface area contributed by atoms with Crippen molar-refractivity contribution >= 4 is 40.1 Å². The number of thiazole rings is 1. The minimum Gasteiger partial charge on any atom is -0.443 e. The van der Waals surface area contributed by atoms with Gasteiger partial charge in [0.15, 0.2) is 10.8 Å². The van der Waals surface area contributed by atoms with Crippen LogP contribution < -0.4 is 0 Å². The van der Waals surface area contributed by atoms with Gasteiger partial charge in [0.05, 0.1) is 5.57 Å². The first-order valence-electron chi connectivity index (χ1n) is 10.2. The molecule has 0 unspecified atom stereocenters. The molecule has 1 aromatic heterocycles. The fourth-order valence-corrected chi connectivity index (χ4v) is 4.62. The quantitative estimate of drug-likeness (QED) is 0.531. The Labute approximate surface area is 201 Å². The summed E-state index contributed by atoms with van der Waals surface area (Å²) >= 11 is 2.39. The maximum Gasteiger partial charge on any atom is 0.420 e. The minimum absolute atomic E-state index is 0.243. The number of carbonyl (C=O) groups excluding carboxylic acids is 2. The summed E-state index contributed by atoms with van der Waals surface area (Å²) in [6.07, 6.45) is 6.58. The fourth-order valence-electron chi connectivity index (χ4n) is 3.32. The van der Waals surface area contributed by atoms with Crippen molar-refractivity contribution in [2.24, 2.45) is 4.99 Å². The third-order valence-electron chi connectivity index (χ3n) is 4.62. The number of rotatable bonds is 4. The molecule has 33 heavy (non-hydrogen) atoms. The van der Waals surface area contributed by atoms with Crippen molar-refractivity contribution < 1.29 is 18.7 Å². The lowest BCUT2D eigenvalue weighted by Crippen LogP contribution is -2.43. The Kier molecular flexibility index (Phi) is 7.40. The monoisotopic (exact) mass is 485 g/mol. The predicted molar refractivity (Wildman–Crippen MR) is 130 cm³/mol. The normalized spacial score (nSPS) is 16.3. The SMILES string of the molecule is C#Cc1cc(F)ccc1[C@@H]1N=C(c2nccs2)N(C(=O)OC(C)(C)C)C(C)=C1C(=O)SCC. The third-order valence-corrected chi connectivity index (χ3v) is 6.16. The predicted octanol–water partition coefficient (Wildman–Crippen LogP) is 5.56. The van der Waals surface area contributed by atoms with E-state index in [-0.39, 0.29) is 22.1 Å². The van der Waals surface area contributed by atoms with Crippen LogP contribution in [0.4, 0.5) is 9.18 Å². The number of ether oxygens (including phenoxy) is 1. The number of benzene rings is 1. The highest BCUT2D eigenvalue weighted by Crippen LogP contribution is 2.39. The highest BCUT2D eigenvalue weighted by atomic mass is 32.2. The maximum absolute atomic E-state index is 13.9. The van der Waals surface area contributed by atoms with E-state index >= 15 is 0 Å².